The van der Waals surface area contributed by atoms with E-state index in [1.54, 1.807) is 0 Å². The van der Waals surface area contributed by atoms with Gasteiger partial charge in [0.2, 0.25) is 0 Å². The van der Waals surface area contributed by atoms with Crippen LogP contribution in [0.1, 0.15) is 45.4 Å². The number of nitrogens with zero attached hydrogens (tertiary/aromatic N) is 1. The SMILES string of the molecule is CCCCN(CC1(CNC)CCOCC1)C1CC1. The molecule has 106 valence electrons. The van der Waals surface area contributed by atoms with Crippen LogP contribution in [-0.2, 0) is 4.74 Å². The zero-order valence-corrected chi connectivity index (χ0v) is 12.2. The fourth-order valence-corrected chi connectivity index (χ4v) is 3.19. The molecule has 0 radical (unpaired) electrons. The third kappa shape index (κ3) is 3.94. The first-order valence-electron chi connectivity index (χ1n) is 7.76. The summed E-state index contributed by atoms with van der Waals surface area (Å²) in [7, 11) is 2.09. The topological polar surface area (TPSA) is 24.5 Å². The third-order valence-corrected chi connectivity index (χ3v) is 4.51. The monoisotopic (exact) mass is 254 g/mol. The highest BCUT2D eigenvalue weighted by molar-refractivity contribution is 4.92. The van der Waals surface area contributed by atoms with Gasteiger partial charge in [0.05, 0.1) is 0 Å². The molecule has 1 aliphatic carbocycles. The fourth-order valence-electron chi connectivity index (χ4n) is 3.19. The standard InChI is InChI=1S/C15H30N2O/c1-3-4-9-17(14-5-6-14)13-15(12-16-2)7-10-18-11-8-15/h14,16H,3-13H2,1-2H3. The van der Waals surface area contributed by atoms with Crippen molar-refractivity contribution in [2.24, 2.45) is 5.41 Å². The molecule has 0 aromatic rings. The summed E-state index contributed by atoms with van der Waals surface area (Å²) < 4.78 is 5.56. The molecule has 0 amide bonds. The van der Waals surface area contributed by atoms with E-state index in [0.29, 0.717) is 5.41 Å². The Hall–Kier alpha value is -0.120. The molecule has 1 saturated carbocycles. The van der Waals surface area contributed by atoms with E-state index in [-0.39, 0.29) is 0 Å². The summed E-state index contributed by atoms with van der Waals surface area (Å²) >= 11 is 0. The molecule has 0 bridgehead atoms. The van der Waals surface area contributed by atoms with E-state index >= 15 is 0 Å². The Labute approximate surface area is 112 Å². The first kappa shape index (κ1) is 14.3. The number of hydrogen-bond donors (Lipinski definition) is 1. The van der Waals surface area contributed by atoms with E-state index < -0.39 is 0 Å². The zero-order chi connectivity index (χ0) is 12.8. The van der Waals surface area contributed by atoms with Crippen LogP contribution >= 0.6 is 0 Å². The molecule has 2 rings (SSSR count). The maximum atomic E-state index is 5.56. The Morgan fingerprint density at radius 2 is 2.00 bits per heavy atom. The summed E-state index contributed by atoms with van der Waals surface area (Å²) in [5.41, 5.74) is 0.462. The summed E-state index contributed by atoms with van der Waals surface area (Å²) in [6.45, 7) is 7.92. The smallest absolute Gasteiger partial charge is 0.0472 e. The van der Waals surface area contributed by atoms with Gasteiger partial charge in [0.25, 0.3) is 0 Å². The van der Waals surface area contributed by atoms with Gasteiger partial charge in [-0.15, -0.1) is 0 Å². The van der Waals surface area contributed by atoms with Crippen molar-refractivity contribution in [3.8, 4) is 0 Å². The highest BCUT2D eigenvalue weighted by Crippen LogP contribution is 2.35. The van der Waals surface area contributed by atoms with Gasteiger partial charge in [-0.2, -0.15) is 0 Å². The first-order chi connectivity index (χ1) is 8.79. The second kappa shape index (κ2) is 6.88. The Morgan fingerprint density at radius 3 is 2.56 bits per heavy atom. The van der Waals surface area contributed by atoms with Crippen LogP contribution in [0, 0.1) is 5.41 Å². The van der Waals surface area contributed by atoms with Gasteiger partial charge in [-0.3, -0.25) is 4.90 Å². The van der Waals surface area contributed by atoms with Crippen molar-refractivity contribution in [2.45, 2.75) is 51.5 Å². The van der Waals surface area contributed by atoms with Crippen LogP contribution in [0.3, 0.4) is 0 Å². The molecule has 1 aliphatic heterocycles. The minimum Gasteiger partial charge on any atom is -0.381 e. The van der Waals surface area contributed by atoms with Gasteiger partial charge in [0.15, 0.2) is 0 Å². The summed E-state index contributed by atoms with van der Waals surface area (Å²) in [5, 5.41) is 3.42. The van der Waals surface area contributed by atoms with Crippen LogP contribution in [-0.4, -0.2) is 50.8 Å². The molecular formula is C15H30N2O. The van der Waals surface area contributed by atoms with Gasteiger partial charge in [-0.1, -0.05) is 13.3 Å². The Balaban J connectivity index is 1.91. The molecule has 3 nitrogen and oxygen atoms in total. The molecule has 0 atom stereocenters. The molecule has 0 unspecified atom stereocenters. The lowest BCUT2D eigenvalue weighted by Gasteiger charge is -2.41. The molecule has 0 spiro atoms. The van der Waals surface area contributed by atoms with Gasteiger partial charge in [0.1, 0.15) is 0 Å². The fraction of sp³-hybridized carbons (Fsp3) is 1.00. The molecule has 1 N–H and O–H groups in total. The van der Waals surface area contributed by atoms with Crippen molar-refractivity contribution < 1.29 is 4.74 Å². The predicted molar refractivity (Wildman–Crippen MR) is 75.9 cm³/mol. The van der Waals surface area contributed by atoms with Crippen molar-refractivity contribution in [2.75, 3.05) is 39.9 Å². The van der Waals surface area contributed by atoms with Gasteiger partial charge in [0, 0.05) is 32.3 Å². The number of nitrogens with one attached hydrogen (secondary N) is 1. The van der Waals surface area contributed by atoms with Gasteiger partial charge in [-0.25, -0.2) is 0 Å². The quantitative estimate of drug-likeness (QED) is 0.719. The molecular weight excluding hydrogens is 224 g/mol. The maximum Gasteiger partial charge on any atom is 0.0472 e. The van der Waals surface area contributed by atoms with Crippen molar-refractivity contribution >= 4 is 0 Å². The molecule has 0 aromatic heterocycles. The second-order valence-electron chi connectivity index (χ2n) is 6.20. The summed E-state index contributed by atoms with van der Waals surface area (Å²) in [6, 6.07) is 0.896. The van der Waals surface area contributed by atoms with Gasteiger partial charge < -0.3 is 10.1 Å². The van der Waals surface area contributed by atoms with Crippen LogP contribution in [0.2, 0.25) is 0 Å². The molecule has 2 fully saturated rings. The van der Waals surface area contributed by atoms with Gasteiger partial charge >= 0.3 is 0 Å². The number of ether oxygens (including phenoxy) is 1. The van der Waals surface area contributed by atoms with Crippen molar-refractivity contribution in [1.82, 2.24) is 10.2 Å². The average Bonchev–Trinajstić information content (AvgIpc) is 3.20. The zero-order valence-electron chi connectivity index (χ0n) is 12.2. The minimum absolute atomic E-state index is 0.462. The van der Waals surface area contributed by atoms with Crippen LogP contribution in [0.15, 0.2) is 0 Å². The molecule has 18 heavy (non-hydrogen) atoms. The molecule has 2 aliphatic rings. The maximum absolute atomic E-state index is 5.56. The normalized spacial score (nSPS) is 23.5. The first-order valence-corrected chi connectivity index (χ1v) is 7.76. The Kier molecular flexibility index (Phi) is 5.46. The lowest BCUT2D eigenvalue weighted by Crippen LogP contribution is -2.47. The highest BCUT2D eigenvalue weighted by atomic mass is 16.5. The van der Waals surface area contributed by atoms with Crippen LogP contribution in [0.5, 0.6) is 0 Å². The third-order valence-electron chi connectivity index (χ3n) is 4.51. The van der Waals surface area contributed by atoms with Crippen LogP contribution in [0.25, 0.3) is 0 Å². The lowest BCUT2D eigenvalue weighted by atomic mass is 9.79. The number of unbranched alkanes of at least 4 members (excludes halogenated alkanes) is 1. The van der Waals surface area contributed by atoms with E-state index in [2.05, 4.69) is 24.2 Å². The average molecular weight is 254 g/mol. The van der Waals surface area contributed by atoms with E-state index in [4.69, 9.17) is 4.74 Å². The number of hydrogen-bond acceptors (Lipinski definition) is 3. The van der Waals surface area contributed by atoms with E-state index in [9.17, 15) is 0 Å². The summed E-state index contributed by atoms with van der Waals surface area (Å²) in [6.07, 6.45) is 7.96. The summed E-state index contributed by atoms with van der Waals surface area (Å²) in [4.78, 5) is 2.77. The summed E-state index contributed by atoms with van der Waals surface area (Å²) in [5.74, 6) is 0. The minimum atomic E-state index is 0.462. The van der Waals surface area contributed by atoms with E-state index in [0.717, 1.165) is 25.8 Å². The predicted octanol–water partition coefficient (Wildman–Crippen LogP) is 2.27. The molecule has 1 heterocycles. The van der Waals surface area contributed by atoms with Crippen molar-refractivity contribution in [3.05, 3.63) is 0 Å². The number of rotatable bonds is 8. The Morgan fingerprint density at radius 1 is 1.28 bits per heavy atom. The highest BCUT2D eigenvalue weighted by Gasteiger charge is 2.38. The molecule has 1 saturated heterocycles. The Bertz CT molecular complexity index is 229. The van der Waals surface area contributed by atoms with Crippen LogP contribution in [0.4, 0.5) is 0 Å². The van der Waals surface area contributed by atoms with E-state index in [1.807, 2.05) is 0 Å². The lowest BCUT2D eigenvalue weighted by molar-refractivity contribution is -0.00518. The van der Waals surface area contributed by atoms with E-state index in [1.165, 1.54) is 51.6 Å². The largest absolute Gasteiger partial charge is 0.381 e. The second-order valence-corrected chi connectivity index (χ2v) is 6.20. The van der Waals surface area contributed by atoms with Gasteiger partial charge in [-0.05, 0) is 51.1 Å². The van der Waals surface area contributed by atoms with Crippen LogP contribution < -0.4 is 5.32 Å². The van der Waals surface area contributed by atoms with Crippen molar-refractivity contribution in [1.29, 1.82) is 0 Å². The molecule has 3 heteroatoms. The molecule has 0 aromatic carbocycles. The van der Waals surface area contributed by atoms with Crippen molar-refractivity contribution in [3.63, 3.8) is 0 Å².